The van der Waals surface area contributed by atoms with Crippen LogP contribution < -0.4 is 21.7 Å². The van der Waals surface area contributed by atoms with Crippen molar-refractivity contribution < 1.29 is 0 Å². The van der Waals surface area contributed by atoms with Crippen molar-refractivity contribution in [2.75, 3.05) is 24.1 Å². The predicted molar refractivity (Wildman–Crippen MR) is 72.6 cm³/mol. The maximum absolute atomic E-state index is 5.71. The zero-order valence-electron chi connectivity index (χ0n) is 10.4. The van der Waals surface area contributed by atoms with Crippen LogP contribution in [0.5, 0.6) is 0 Å². The van der Waals surface area contributed by atoms with Gasteiger partial charge in [0.15, 0.2) is 5.82 Å². The summed E-state index contributed by atoms with van der Waals surface area (Å²) >= 11 is 0. The van der Waals surface area contributed by atoms with Crippen molar-refractivity contribution in [3.8, 4) is 11.4 Å². The first-order chi connectivity index (χ1) is 8.58. The number of rotatable bonds is 3. The molecule has 0 bridgehead atoms. The van der Waals surface area contributed by atoms with Crippen LogP contribution in [-0.4, -0.2) is 24.1 Å². The van der Waals surface area contributed by atoms with Gasteiger partial charge in [0.25, 0.3) is 0 Å². The van der Waals surface area contributed by atoms with Crippen molar-refractivity contribution in [2.45, 2.75) is 0 Å². The number of hydrogen-bond donors (Lipinski definition) is 2. The number of anilines is 2. The fourth-order valence-corrected chi connectivity index (χ4v) is 1.50. The Morgan fingerprint density at radius 3 is 1.83 bits per heavy atom. The van der Waals surface area contributed by atoms with E-state index in [2.05, 4.69) is 9.97 Å². The highest BCUT2D eigenvalue weighted by molar-refractivity contribution is 5.61. The normalized spacial score (nSPS) is 10.2. The molecule has 2 rings (SSSR count). The molecule has 0 atom stereocenters. The van der Waals surface area contributed by atoms with Crippen LogP contribution in [0.15, 0.2) is 36.4 Å². The number of aromatic nitrogens is 2. The summed E-state index contributed by atoms with van der Waals surface area (Å²) < 4.78 is 0. The zero-order valence-corrected chi connectivity index (χ0v) is 10.4. The average Bonchev–Trinajstić information content (AvgIpc) is 2.39. The van der Waals surface area contributed by atoms with E-state index in [1.165, 1.54) is 10.0 Å². The number of hydrogen-bond acceptors (Lipinski definition) is 6. The molecule has 0 spiro atoms. The highest BCUT2D eigenvalue weighted by atomic mass is 15.4. The zero-order chi connectivity index (χ0) is 13.1. The van der Waals surface area contributed by atoms with E-state index in [0.717, 1.165) is 5.56 Å². The van der Waals surface area contributed by atoms with Gasteiger partial charge < -0.3 is 0 Å². The summed E-state index contributed by atoms with van der Waals surface area (Å²) in [7, 11) is 3.44. The molecule has 2 aromatic rings. The molecule has 6 heteroatoms. The van der Waals surface area contributed by atoms with Crippen molar-refractivity contribution in [1.29, 1.82) is 0 Å². The molecular weight excluding hydrogens is 228 g/mol. The third-order valence-electron chi connectivity index (χ3n) is 2.45. The Labute approximate surface area is 106 Å². The first-order valence-corrected chi connectivity index (χ1v) is 5.49. The Morgan fingerprint density at radius 2 is 1.39 bits per heavy atom. The summed E-state index contributed by atoms with van der Waals surface area (Å²) in [6, 6.07) is 11.4. The van der Waals surface area contributed by atoms with Crippen molar-refractivity contribution in [3.63, 3.8) is 0 Å². The molecule has 18 heavy (non-hydrogen) atoms. The quantitative estimate of drug-likeness (QED) is 0.612. The minimum absolute atomic E-state index is 0.595. The number of nitrogens with zero attached hydrogens (tertiary/aromatic N) is 4. The summed E-state index contributed by atoms with van der Waals surface area (Å²) in [5, 5.41) is 2.86. The van der Waals surface area contributed by atoms with Gasteiger partial charge in [0.05, 0.1) is 0 Å². The van der Waals surface area contributed by atoms with Crippen LogP contribution in [0.1, 0.15) is 0 Å². The van der Waals surface area contributed by atoms with Crippen LogP contribution in [0, 0.1) is 0 Å². The van der Waals surface area contributed by atoms with Gasteiger partial charge in [-0.05, 0) is 0 Å². The van der Waals surface area contributed by atoms with Crippen LogP contribution in [0.4, 0.5) is 11.6 Å². The number of hydrazine groups is 2. The molecule has 0 aliphatic rings. The average molecular weight is 244 g/mol. The first kappa shape index (κ1) is 12.3. The Morgan fingerprint density at radius 1 is 0.889 bits per heavy atom. The molecule has 0 fully saturated rings. The van der Waals surface area contributed by atoms with E-state index in [9.17, 15) is 0 Å². The summed E-state index contributed by atoms with van der Waals surface area (Å²) in [6.45, 7) is 0. The Kier molecular flexibility index (Phi) is 3.40. The van der Waals surface area contributed by atoms with Crippen molar-refractivity contribution in [3.05, 3.63) is 36.4 Å². The van der Waals surface area contributed by atoms with Gasteiger partial charge in [0.1, 0.15) is 11.6 Å². The highest BCUT2D eigenvalue weighted by Crippen LogP contribution is 2.21. The fourth-order valence-electron chi connectivity index (χ4n) is 1.50. The molecule has 0 radical (unpaired) electrons. The standard InChI is InChI=1S/C12H16N6/c1-17(13)10-8-11(18(2)14)16-12(15-10)9-6-4-3-5-7-9/h3-8H,13-14H2,1-2H3. The van der Waals surface area contributed by atoms with Crippen LogP contribution in [-0.2, 0) is 0 Å². The lowest BCUT2D eigenvalue weighted by atomic mass is 10.2. The van der Waals surface area contributed by atoms with E-state index in [1.54, 1.807) is 20.2 Å². The van der Waals surface area contributed by atoms with Gasteiger partial charge in [0, 0.05) is 25.7 Å². The molecule has 0 saturated heterocycles. The maximum atomic E-state index is 5.71. The summed E-state index contributed by atoms with van der Waals surface area (Å²) in [4.78, 5) is 8.79. The molecule has 1 heterocycles. The van der Waals surface area contributed by atoms with E-state index >= 15 is 0 Å². The Balaban J connectivity index is 2.54. The Hall–Kier alpha value is -2.18. The van der Waals surface area contributed by atoms with Gasteiger partial charge in [-0.2, -0.15) is 0 Å². The maximum Gasteiger partial charge on any atom is 0.163 e. The van der Waals surface area contributed by atoms with Crippen LogP contribution in [0.2, 0.25) is 0 Å². The van der Waals surface area contributed by atoms with Gasteiger partial charge in [-0.15, -0.1) is 0 Å². The van der Waals surface area contributed by atoms with E-state index in [1.807, 2.05) is 30.3 Å². The molecule has 0 aliphatic heterocycles. The molecule has 1 aromatic carbocycles. The predicted octanol–water partition coefficient (Wildman–Crippen LogP) is 0.763. The minimum Gasteiger partial charge on any atom is -0.298 e. The van der Waals surface area contributed by atoms with Gasteiger partial charge in [0.2, 0.25) is 0 Å². The molecule has 0 amide bonds. The van der Waals surface area contributed by atoms with E-state index in [4.69, 9.17) is 11.7 Å². The van der Waals surface area contributed by atoms with Crippen LogP contribution in [0.3, 0.4) is 0 Å². The third-order valence-corrected chi connectivity index (χ3v) is 2.45. The second kappa shape index (κ2) is 4.99. The molecular formula is C12H16N6. The first-order valence-electron chi connectivity index (χ1n) is 5.49. The molecule has 4 N–H and O–H groups in total. The van der Waals surface area contributed by atoms with Gasteiger partial charge >= 0.3 is 0 Å². The minimum atomic E-state index is 0.595. The SMILES string of the molecule is CN(N)c1cc(N(C)N)nc(-c2ccccc2)n1. The van der Waals surface area contributed by atoms with Crippen molar-refractivity contribution in [2.24, 2.45) is 11.7 Å². The lowest BCUT2D eigenvalue weighted by molar-refractivity contribution is 0.931. The molecule has 0 unspecified atom stereocenters. The fraction of sp³-hybridized carbons (Fsp3) is 0.167. The topological polar surface area (TPSA) is 84.3 Å². The monoisotopic (exact) mass is 244 g/mol. The molecule has 94 valence electrons. The highest BCUT2D eigenvalue weighted by Gasteiger charge is 2.09. The summed E-state index contributed by atoms with van der Waals surface area (Å²) in [5.74, 6) is 13.2. The lowest BCUT2D eigenvalue weighted by Crippen LogP contribution is -2.29. The van der Waals surface area contributed by atoms with Gasteiger partial charge in [-0.3, -0.25) is 10.0 Å². The largest absolute Gasteiger partial charge is 0.298 e. The van der Waals surface area contributed by atoms with E-state index < -0.39 is 0 Å². The van der Waals surface area contributed by atoms with Crippen LogP contribution >= 0.6 is 0 Å². The van der Waals surface area contributed by atoms with Gasteiger partial charge in [-0.1, -0.05) is 30.3 Å². The van der Waals surface area contributed by atoms with Crippen molar-refractivity contribution in [1.82, 2.24) is 9.97 Å². The molecule has 0 saturated carbocycles. The van der Waals surface area contributed by atoms with Gasteiger partial charge in [-0.25, -0.2) is 21.7 Å². The smallest absolute Gasteiger partial charge is 0.163 e. The number of benzene rings is 1. The summed E-state index contributed by atoms with van der Waals surface area (Å²) in [5.41, 5.74) is 0.921. The van der Waals surface area contributed by atoms with Crippen LogP contribution in [0.25, 0.3) is 11.4 Å². The molecule has 6 nitrogen and oxygen atoms in total. The molecule has 0 aliphatic carbocycles. The van der Waals surface area contributed by atoms with E-state index in [0.29, 0.717) is 17.5 Å². The molecule has 1 aromatic heterocycles. The van der Waals surface area contributed by atoms with E-state index in [-0.39, 0.29) is 0 Å². The lowest BCUT2D eigenvalue weighted by Gasteiger charge is -2.17. The van der Waals surface area contributed by atoms with Crippen molar-refractivity contribution >= 4 is 11.6 Å². The number of nitrogens with two attached hydrogens (primary N) is 2. The summed E-state index contributed by atoms with van der Waals surface area (Å²) in [6.07, 6.45) is 0. The second-order valence-electron chi connectivity index (χ2n) is 4.00. The second-order valence-corrected chi connectivity index (χ2v) is 4.00. The third kappa shape index (κ3) is 2.55. The Bertz CT molecular complexity index is 497.